The third-order valence-electron chi connectivity index (χ3n) is 1.91. The van der Waals surface area contributed by atoms with E-state index in [-0.39, 0.29) is 5.91 Å². The monoisotopic (exact) mass is 289 g/mol. The average molecular weight is 289 g/mol. The van der Waals surface area contributed by atoms with Gasteiger partial charge in [0.05, 0.1) is 0 Å². The van der Waals surface area contributed by atoms with Gasteiger partial charge in [0.15, 0.2) is 0 Å². The predicted octanol–water partition coefficient (Wildman–Crippen LogP) is 2.62. The highest BCUT2D eigenvalue weighted by Gasteiger charge is 2.12. The predicted molar refractivity (Wildman–Crippen MR) is 63.3 cm³/mol. The van der Waals surface area contributed by atoms with Gasteiger partial charge in [-0.15, -0.1) is 0 Å². The van der Waals surface area contributed by atoms with Crippen LogP contribution in [0.15, 0.2) is 24.3 Å². The number of halogens is 1. The number of aryl methyl sites for hydroxylation is 1. The Morgan fingerprint density at radius 2 is 1.92 bits per heavy atom. The van der Waals surface area contributed by atoms with Gasteiger partial charge in [0, 0.05) is 12.1 Å². The topological polar surface area (TPSA) is 29.1 Å². The van der Waals surface area contributed by atoms with Crippen molar-refractivity contribution in [2.24, 2.45) is 0 Å². The van der Waals surface area contributed by atoms with Crippen molar-refractivity contribution in [3.8, 4) is 0 Å². The Morgan fingerprint density at radius 1 is 1.23 bits per heavy atom. The number of carbonyl (C=O) groups is 1. The van der Waals surface area contributed by atoms with Crippen LogP contribution in [0.1, 0.15) is 12.0 Å². The van der Waals surface area contributed by atoms with E-state index >= 15 is 0 Å². The lowest BCUT2D eigenvalue weighted by atomic mass is 10.0. The van der Waals surface area contributed by atoms with E-state index in [0.717, 1.165) is 12.1 Å². The number of fused-ring (bicyclic) bond motifs is 1. The molecule has 1 aliphatic heterocycles. The lowest BCUT2D eigenvalue weighted by molar-refractivity contribution is -0.116. The van der Waals surface area contributed by atoms with Crippen LogP contribution in [0, 0.1) is 0 Å². The minimum atomic E-state index is 0.128. The smallest absolute Gasteiger partial charge is 0.224 e. The zero-order valence-electron chi connectivity index (χ0n) is 7.51. The summed E-state index contributed by atoms with van der Waals surface area (Å²) in [6, 6.07) is 7.92. The molecule has 70 valence electrons. The second kappa shape index (κ2) is 5.21. The molecule has 2 nitrogen and oxygen atoms in total. The van der Waals surface area contributed by atoms with Crippen LogP contribution < -0.4 is 5.32 Å². The maximum Gasteiger partial charge on any atom is 0.224 e. The molecule has 1 amide bonds. The van der Waals surface area contributed by atoms with Crippen molar-refractivity contribution in [3.05, 3.63) is 29.8 Å². The summed E-state index contributed by atoms with van der Waals surface area (Å²) in [4.78, 5) is 12.9. The maximum atomic E-state index is 10.9. The number of alkyl halides is 1. The first-order chi connectivity index (χ1) is 6.36. The van der Waals surface area contributed by atoms with E-state index in [0.29, 0.717) is 6.42 Å². The van der Waals surface area contributed by atoms with Crippen LogP contribution in [-0.4, -0.2) is 10.8 Å². The van der Waals surface area contributed by atoms with Crippen molar-refractivity contribution in [2.45, 2.75) is 12.8 Å². The summed E-state index contributed by atoms with van der Waals surface area (Å²) in [5, 5.41) is 2.82. The molecule has 2 rings (SSSR count). The molecule has 0 radical (unpaired) electrons. The number of para-hydroxylation sites is 1. The fraction of sp³-hybridized carbons (Fsp3) is 0.300. The van der Waals surface area contributed by atoms with Gasteiger partial charge in [0.25, 0.3) is 0 Å². The third kappa shape index (κ3) is 2.69. The highest BCUT2D eigenvalue weighted by Crippen LogP contribution is 2.20. The first-order valence-corrected chi connectivity index (χ1v) is 6.27. The molecule has 0 atom stereocenters. The van der Waals surface area contributed by atoms with Crippen molar-refractivity contribution in [3.63, 3.8) is 0 Å². The summed E-state index contributed by atoms with van der Waals surface area (Å²) in [5.74, 6) is 0.128. The van der Waals surface area contributed by atoms with Crippen LogP contribution in [0.25, 0.3) is 0 Å². The van der Waals surface area contributed by atoms with Crippen LogP contribution in [-0.2, 0) is 11.2 Å². The number of amides is 1. The van der Waals surface area contributed by atoms with Gasteiger partial charge in [0.1, 0.15) is 0 Å². The lowest BCUT2D eigenvalue weighted by Gasteiger charge is -2.15. The average Bonchev–Trinajstić information content (AvgIpc) is 2.21. The molecule has 0 aliphatic carbocycles. The second-order valence-electron chi connectivity index (χ2n) is 2.71. The van der Waals surface area contributed by atoms with Gasteiger partial charge in [-0.2, -0.15) is 0 Å². The molecule has 1 aromatic carbocycles. The van der Waals surface area contributed by atoms with Crippen LogP contribution in [0.4, 0.5) is 5.69 Å². The van der Waals surface area contributed by atoms with E-state index < -0.39 is 0 Å². The number of benzene rings is 1. The highest BCUT2D eigenvalue weighted by atomic mass is 127. The zero-order valence-corrected chi connectivity index (χ0v) is 9.67. The Labute approximate surface area is 91.9 Å². The molecule has 1 aromatic rings. The molecule has 13 heavy (non-hydrogen) atoms. The van der Waals surface area contributed by atoms with Gasteiger partial charge in [-0.1, -0.05) is 40.8 Å². The minimum absolute atomic E-state index is 0.128. The van der Waals surface area contributed by atoms with Gasteiger partial charge < -0.3 is 5.32 Å². The Balaban J connectivity index is 0.000000396. The van der Waals surface area contributed by atoms with Gasteiger partial charge in [0.2, 0.25) is 5.91 Å². The summed E-state index contributed by atoms with van der Waals surface area (Å²) in [5.41, 5.74) is 2.22. The number of rotatable bonds is 0. The fourth-order valence-electron chi connectivity index (χ4n) is 1.32. The summed E-state index contributed by atoms with van der Waals surface area (Å²) < 4.78 is 0. The Hall–Kier alpha value is -0.580. The first kappa shape index (κ1) is 10.5. The van der Waals surface area contributed by atoms with E-state index in [1.165, 1.54) is 5.56 Å². The van der Waals surface area contributed by atoms with Crippen LogP contribution >= 0.6 is 22.6 Å². The molecule has 1 N–H and O–H groups in total. The largest absolute Gasteiger partial charge is 0.326 e. The summed E-state index contributed by atoms with van der Waals surface area (Å²) in [7, 11) is 0. The Bertz CT molecular complexity index is 299. The highest BCUT2D eigenvalue weighted by molar-refractivity contribution is 14.1. The van der Waals surface area contributed by atoms with E-state index in [1.54, 1.807) is 0 Å². The molecule has 0 unspecified atom stereocenters. The molecule has 3 heteroatoms. The molecule has 0 spiro atoms. The maximum absolute atomic E-state index is 10.9. The van der Waals surface area contributed by atoms with Gasteiger partial charge in [-0.05, 0) is 23.0 Å². The zero-order chi connectivity index (χ0) is 9.68. The summed E-state index contributed by atoms with van der Waals surface area (Å²) >= 11 is 2.15. The SMILES string of the molecule is CI.O=C1CCc2ccccc2N1. The summed E-state index contributed by atoms with van der Waals surface area (Å²) in [6.45, 7) is 0. The molecule has 1 heterocycles. The number of hydrogen-bond acceptors (Lipinski definition) is 1. The Morgan fingerprint density at radius 3 is 2.69 bits per heavy atom. The number of anilines is 1. The Kier molecular flexibility index (Phi) is 4.21. The molecule has 0 aromatic heterocycles. The molecule has 0 bridgehead atoms. The molecule has 1 aliphatic rings. The van der Waals surface area contributed by atoms with Crippen molar-refractivity contribution in [1.29, 1.82) is 0 Å². The fourth-order valence-corrected chi connectivity index (χ4v) is 1.32. The van der Waals surface area contributed by atoms with Gasteiger partial charge >= 0.3 is 0 Å². The van der Waals surface area contributed by atoms with Crippen LogP contribution in [0.3, 0.4) is 0 Å². The number of hydrogen-bond donors (Lipinski definition) is 1. The number of nitrogens with one attached hydrogen (secondary N) is 1. The molecule has 0 fully saturated rings. The van der Waals surface area contributed by atoms with Crippen LogP contribution in [0.5, 0.6) is 0 Å². The minimum Gasteiger partial charge on any atom is -0.326 e. The second-order valence-corrected chi connectivity index (χ2v) is 2.71. The van der Waals surface area contributed by atoms with Gasteiger partial charge in [-0.25, -0.2) is 0 Å². The van der Waals surface area contributed by atoms with Gasteiger partial charge in [-0.3, -0.25) is 4.79 Å². The number of carbonyl (C=O) groups excluding carboxylic acids is 1. The lowest BCUT2D eigenvalue weighted by Crippen LogP contribution is -2.18. The summed E-state index contributed by atoms with van der Waals surface area (Å²) in [6.07, 6.45) is 1.50. The first-order valence-electron chi connectivity index (χ1n) is 4.12. The van der Waals surface area contributed by atoms with E-state index in [4.69, 9.17) is 0 Å². The van der Waals surface area contributed by atoms with E-state index in [2.05, 4.69) is 34.0 Å². The van der Waals surface area contributed by atoms with Crippen molar-refractivity contribution in [2.75, 3.05) is 10.2 Å². The normalized spacial score (nSPS) is 13.5. The molecule has 0 saturated carbocycles. The van der Waals surface area contributed by atoms with E-state index in [9.17, 15) is 4.79 Å². The quantitative estimate of drug-likeness (QED) is 0.577. The van der Waals surface area contributed by atoms with Crippen molar-refractivity contribution < 1.29 is 4.79 Å². The molecular formula is C10H12INO. The van der Waals surface area contributed by atoms with Crippen molar-refractivity contribution >= 4 is 34.2 Å². The van der Waals surface area contributed by atoms with Crippen LogP contribution in [0.2, 0.25) is 0 Å². The molecule has 0 saturated heterocycles. The van der Waals surface area contributed by atoms with E-state index in [1.807, 2.05) is 23.1 Å². The molecular weight excluding hydrogens is 277 g/mol. The standard InChI is InChI=1S/C9H9NO.CH3I/c11-9-6-5-7-3-1-2-4-8(7)10-9;1-2/h1-4H,5-6H2,(H,10,11);1H3. The third-order valence-corrected chi connectivity index (χ3v) is 1.91. The van der Waals surface area contributed by atoms with Crippen molar-refractivity contribution in [1.82, 2.24) is 0 Å².